The Morgan fingerprint density at radius 1 is 1.07 bits per heavy atom. The number of methoxy groups -OCH3 is 2. The predicted octanol–water partition coefficient (Wildman–Crippen LogP) is 2.88. The van der Waals surface area contributed by atoms with Gasteiger partial charge in [-0.1, -0.05) is 18.2 Å². The average Bonchev–Trinajstić information content (AvgIpc) is 3.06. The Balaban J connectivity index is 1.39. The van der Waals surface area contributed by atoms with Crippen molar-refractivity contribution < 1.29 is 14.3 Å². The lowest BCUT2D eigenvalue weighted by Gasteiger charge is -2.10. The fourth-order valence-electron chi connectivity index (χ4n) is 3.37. The first-order valence-electron chi connectivity index (χ1n) is 9.77. The van der Waals surface area contributed by atoms with Crippen LogP contribution < -0.4 is 20.5 Å². The van der Waals surface area contributed by atoms with Gasteiger partial charge in [-0.05, 0) is 49.1 Å². The summed E-state index contributed by atoms with van der Waals surface area (Å²) in [7, 11) is 3.22. The molecule has 7 nitrogen and oxygen atoms in total. The molecule has 0 aliphatic rings. The van der Waals surface area contributed by atoms with Gasteiger partial charge in [0.15, 0.2) is 11.5 Å². The van der Waals surface area contributed by atoms with Crippen LogP contribution >= 0.6 is 0 Å². The number of rotatable bonds is 10. The quantitative estimate of drug-likeness (QED) is 0.515. The van der Waals surface area contributed by atoms with E-state index in [2.05, 4.69) is 10.3 Å². The number of carbonyl (C=O) groups excluding carboxylic acids is 1. The molecule has 0 aliphatic heterocycles. The van der Waals surface area contributed by atoms with Crippen LogP contribution in [0.1, 0.15) is 24.8 Å². The number of ether oxygens (including phenoxy) is 2. The van der Waals surface area contributed by atoms with E-state index in [9.17, 15) is 9.59 Å². The molecule has 0 aliphatic carbocycles. The minimum Gasteiger partial charge on any atom is -0.493 e. The number of aromatic nitrogens is 2. The molecule has 2 N–H and O–H groups in total. The number of para-hydroxylation sites is 2. The lowest BCUT2D eigenvalue weighted by atomic mass is 10.1. The number of benzene rings is 2. The number of hydrogen-bond donors (Lipinski definition) is 2. The Morgan fingerprint density at radius 2 is 1.86 bits per heavy atom. The number of fused-ring (bicyclic) bond motifs is 1. The van der Waals surface area contributed by atoms with E-state index in [0.29, 0.717) is 37.4 Å². The molecule has 0 fully saturated rings. The van der Waals surface area contributed by atoms with E-state index in [1.54, 1.807) is 18.8 Å². The van der Waals surface area contributed by atoms with Crippen LogP contribution in [-0.2, 0) is 17.8 Å². The summed E-state index contributed by atoms with van der Waals surface area (Å²) in [5.41, 5.74) is 2.71. The molecule has 1 aromatic heterocycles. The van der Waals surface area contributed by atoms with Crippen LogP contribution in [0.15, 0.2) is 47.3 Å². The molecule has 3 aromatic rings. The second-order valence-electron chi connectivity index (χ2n) is 6.85. The molecule has 0 unspecified atom stereocenters. The highest BCUT2D eigenvalue weighted by Gasteiger charge is 2.07. The molecule has 2 aromatic carbocycles. The van der Waals surface area contributed by atoms with Crippen molar-refractivity contribution in [3.05, 3.63) is 58.5 Å². The highest BCUT2D eigenvalue weighted by molar-refractivity contribution is 5.76. The smallest absolute Gasteiger partial charge is 0.326 e. The van der Waals surface area contributed by atoms with E-state index < -0.39 is 0 Å². The molecule has 154 valence electrons. The summed E-state index contributed by atoms with van der Waals surface area (Å²) in [6, 6.07) is 13.4. The Bertz CT molecular complexity index is 1020. The number of nitrogens with one attached hydrogen (secondary N) is 2. The van der Waals surface area contributed by atoms with Gasteiger partial charge < -0.3 is 19.8 Å². The first-order chi connectivity index (χ1) is 14.1. The molecule has 0 saturated heterocycles. The molecule has 0 saturated carbocycles. The van der Waals surface area contributed by atoms with E-state index in [1.165, 1.54) is 0 Å². The number of carbonyl (C=O) groups is 1. The normalized spacial score (nSPS) is 10.8. The third-order valence-corrected chi connectivity index (χ3v) is 4.88. The summed E-state index contributed by atoms with van der Waals surface area (Å²) in [4.78, 5) is 26.9. The van der Waals surface area contributed by atoms with Crippen molar-refractivity contribution in [3.8, 4) is 11.5 Å². The van der Waals surface area contributed by atoms with Crippen molar-refractivity contribution in [1.29, 1.82) is 0 Å². The molecule has 0 atom stereocenters. The summed E-state index contributed by atoms with van der Waals surface area (Å²) in [6.45, 7) is 1.11. The van der Waals surface area contributed by atoms with Crippen molar-refractivity contribution in [2.45, 2.75) is 32.2 Å². The van der Waals surface area contributed by atoms with Gasteiger partial charge in [-0.15, -0.1) is 0 Å². The van der Waals surface area contributed by atoms with Crippen LogP contribution in [0.5, 0.6) is 11.5 Å². The zero-order valence-electron chi connectivity index (χ0n) is 16.9. The minimum atomic E-state index is -0.118. The Morgan fingerprint density at radius 3 is 2.66 bits per heavy atom. The van der Waals surface area contributed by atoms with Gasteiger partial charge in [-0.25, -0.2) is 4.79 Å². The number of aryl methyl sites for hydroxylation is 2. The molecular formula is C22H27N3O4. The van der Waals surface area contributed by atoms with Gasteiger partial charge in [-0.2, -0.15) is 0 Å². The second kappa shape index (κ2) is 9.82. The summed E-state index contributed by atoms with van der Waals surface area (Å²) >= 11 is 0. The third kappa shape index (κ3) is 5.19. The van der Waals surface area contributed by atoms with Crippen LogP contribution in [0.2, 0.25) is 0 Å². The van der Waals surface area contributed by atoms with Crippen LogP contribution in [0.4, 0.5) is 0 Å². The fraction of sp³-hybridized carbons (Fsp3) is 0.364. The Kier molecular flexibility index (Phi) is 6.94. The second-order valence-corrected chi connectivity index (χ2v) is 6.85. The topological polar surface area (TPSA) is 85.4 Å². The molecule has 29 heavy (non-hydrogen) atoms. The van der Waals surface area contributed by atoms with Crippen molar-refractivity contribution in [2.75, 3.05) is 20.8 Å². The Labute approximate surface area is 169 Å². The molecule has 0 radical (unpaired) electrons. The predicted molar refractivity (Wildman–Crippen MR) is 113 cm³/mol. The van der Waals surface area contributed by atoms with Crippen LogP contribution in [0.25, 0.3) is 11.0 Å². The molecule has 7 heteroatoms. The molecule has 0 bridgehead atoms. The number of imidazole rings is 1. The number of aromatic amines is 1. The number of amides is 1. The minimum absolute atomic E-state index is 0.0248. The van der Waals surface area contributed by atoms with E-state index >= 15 is 0 Å². The van der Waals surface area contributed by atoms with Gasteiger partial charge in [0.1, 0.15) is 0 Å². The average molecular weight is 397 g/mol. The lowest BCUT2D eigenvalue weighted by Crippen LogP contribution is -2.26. The van der Waals surface area contributed by atoms with Gasteiger partial charge in [0, 0.05) is 19.5 Å². The third-order valence-electron chi connectivity index (χ3n) is 4.88. The molecule has 0 spiro atoms. The van der Waals surface area contributed by atoms with Crippen molar-refractivity contribution in [3.63, 3.8) is 0 Å². The maximum atomic E-state index is 12.1. The van der Waals surface area contributed by atoms with Gasteiger partial charge in [0.2, 0.25) is 5.91 Å². The zero-order chi connectivity index (χ0) is 20.6. The van der Waals surface area contributed by atoms with Crippen LogP contribution in [0.3, 0.4) is 0 Å². The highest BCUT2D eigenvalue weighted by atomic mass is 16.5. The van der Waals surface area contributed by atoms with E-state index in [0.717, 1.165) is 29.4 Å². The first kappa shape index (κ1) is 20.5. The van der Waals surface area contributed by atoms with Crippen LogP contribution in [0, 0.1) is 0 Å². The number of hydrogen-bond acceptors (Lipinski definition) is 4. The van der Waals surface area contributed by atoms with Crippen LogP contribution in [-0.4, -0.2) is 36.2 Å². The zero-order valence-corrected chi connectivity index (χ0v) is 16.9. The molecule has 3 rings (SSSR count). The Hall–Kier alpha value is -3.22. The summed E-state index contributed by atoms with van der Waals surface area (Å²) in [6.07, 6.45) is 2.70. The molecule has 1 amide bonds. The van der Waals surface area contributed by atoms with Gasteiger partial charge in [-0.3, -0.25) is 9.36 Å². The highest BCUT2D eigenvalue weighted by Crippen LogP contribution is 2.28. The van der Waals surface area contributed by atoms with E-state index in [-0.39, 0.29) is 11.6 Å². The summed E-state index contributed by atoms with van der Waals surface area (Å²) < 4.78 is 12.2. The largest absolute Gasteiger partial charge is 0.493 e. The molecular weight excluding hydrogens is 370 g/mol. The maximum Gasteiger partial charge on any atom is 0.326 e. The number of H-pyrrole nitrogens is 1. The summed E-state index contributed by atoms with van der Waals surface area (Å²) in [5, 5.41) is 2.93. The lowest BCUT2D eigenvalue weighted by molar-refractivity contribution is -0.121. The standard InChI is InChI=1S/C22H27N3O4/c1-28-19-12-11-16(15-20(19)29-2)7-5-10-21(26)23-13-6-14-25-18-9-4-3-8-17(18)24-22(25)27/h3-4,8-9,11-12,15H,5-7,10,13-14H2,1-2H3,(H,23,26)(H,24,27). The SMILES string of the molecule is COc1ccc(CCCC(=O)NCCCn2c(=O)[nH]c3ccccc32)cc1OC. The first-order valence-corrected chi connectivity index (χ1v) is 9.77. The fourth-order valence-corrected chi connectivity index (χ4v) is 3.37. The van der Waals surface area contributed by atoms with Gasteiger partial charge in [0.25, 0.3) is 0 Å². The molecule has 1 heterocycles. The summed E-state index contributed by atoms with van der Waals surface area (Å²) in [5.74, 6) is 1.42. The van der Waals surface area contributed by atoms with Crippen molar-refractivity contribution >= 4 is 16.9 Å². The van der Waals surface area contributed by atoms with Gasteiger partial charge in [0.05, 0.1) is 25.3 Å². The maximum absolute atomic E-state index is 12.1. The van der Waals surface area contributed by atoms with E-state index in [1.807, 2.05) is 42.5 Å². The monoisotopic (exact) mass is 397 g/mol. The van der Waals surface area contributed by atoms with E-state index in [4.69, 9.17) is 9.47 Å². The van der Waals surface area contributed by atoms with Gasteiger partial charge >= 0.3 is 5.69 Å². The van der Waals surface area contributed by atoms with Crippen molar-refractivity contribution in [2.24, 2.45) is 0 Å². The van der Waals surface area contributed by atoms with Crippen molar-refractivity contribution in [1.82, 2.24) is 14.9 Å². The number of nitrogens with zero attached hydrogens (tertiary/aromatic N) is 1.